The summed E-state index contributed by atoms with van der Waals surface area (Å²) in [4.78, 5) is 25.5. The number of ether oxygens (including phenoxy) is 1. The normalized spacial score (nSPS) is 16.1. The number of nitrogens with zero attached hydrogens (tertiary/aromatic N) is 1. The number of nitrogens with two attached hydrogens (primary N) is 1. The summed E-state index contributed by atoms with van der Waals surface area (Å²) in [7, 11) is 3.36. The smallest absolute Gasteiger partial charge is 0.259 e. The standard InChI is InChI=1S/C19H29N3O3/c1-22(2)18(24)13-25-16-8-6-7-15(11-16)21-17(23)12-19(14-20)9-4-3-5-10-19/h6-8,11H,3-5,9-10,12-14,20H2,1-2H3,(H,21,23). The molecule has 0 bridgehead atoms. The summed E-state index contributed by atoms with van der Waals surface area (Å²) < 4.78 is 5.48. The summed E-state index contributed by atoms with van der Waals surface area (Å²) in [6.45, 7) is 0.525. The highest BCUT2D eigenvalue weighted by Crippen LogP contribution is 2.38. The Kier molecular flexibility index (Phi) is 6.82. The van der Waals surface area contributed by atoms with Gasteiger partial charge in [-0.25, -0.2) is 0 Å². The van der Waals surface area contributed by atoms with Crippen LogP contribution in [0.4, 0.5) is 5.69 Å². The van der Waals surface area contributed by atoms with Crippen molar-refractivity contribution in [3.63, 3.8) is 0 Å². The van der Waals surface area contributed by atoms with Crippen molar-refractivity contribution in [1.82, 2.24) is 4.90 Å². The molecular formula is C19H29N3O3. The lowest BCUT2D eigenvalue weighted by molar-refractivity contribution is -0.130. The van der Waals surface area contributed by atoms with Gasteiger partial charge in [-0.05, 0) is 36.9 Å². The Hall–Kier alpha value is -2.08. The van der Waals surface area contributed by atoms with Crippen LogP contribution >= 0.6 is 0 Å². The van der Waals surface area contributed by atoms with Gasteiger partial charge in [-0.1, -0.05) is 25.3 Å². The van der Waals surface area contributed by atoms with E-state index in [4.69, 9.17) is 10.5 Å². The molecule has 2 amide bonds. The van der Waals surface area contributed by atoms with Crippen molar-refractivity contribution in [2.75, 3.05) is 32.6 Å². The predicted octanol–water partition coefficient (Wildman–Crippen LogP) is 2.39. The van der Waals surface area contributed by atoms with Crippen LogP contribution in [-0.4, -0.2) is 44.0 Å². The Morgan fingerprint density at radius 1 is 1.24 bits per heavy atom. The topological polar surface area (TPSA) is 84.7 Å². The first-order valence-electron chi connectivity index (χ1n) is 8.87. The minimum Gasteiger partial charge on any atom is -0.484 e. The minimum absolute atomic E-state index is 0.0196. The van der Waals surface area contributed by atoms with Crippen LogP contribution in [0.1, 0.15) is 38.5 Å². The van der Waals surface area contributed by atoms with Gasteiger partial charge in [0.25, 0.3) is 5.91 Å². The summed E-state index contributed by atoms with van der Waals surface area (Å²) in [5.74, 6) is 0.421. The van der Waals surface area contributed by atoms with Gasteiger partial charge in [0.2, 0.25) is 5.91 Å². The highest BCUT2D eigenvalue weighted by atomic mass is 16.5. The van der Waals surface area contributed by atoms with Crippen molar-refractivity contribution in [2.24, 2.45) is 11.1 Å². The second-order valence-corrected chi connectivity index (χ2v) is 7.09. The van der Waals surface area contributed by atoms with Crippen molar-refractivity contribution >= 4 is 17.5 Å². The molecular weight excluding hydrogens is 318 g/mol. The van der Waals surface area contributed by atoms with Crippen molar-refractivity contribution in [1.29, 1.82) is 0 Å². The van der Waals surface area contributed by atoms with Crippen LogP contribution in [-0.2, 0) is 9.59 Å². The molecule has 1 aliphatic carbocycles. The number of hydrogen-bond donors (Lipinski definition) is 2. The molecule has 138 valence electrons. The molecule has 0 atom stereocenters. The number of amides is 2. The summed E-state index contributed by atoms with van der Waals surface area (Å²) in [6, 6.07) is 7.11. The Morgan fingerprint density at radius 3 is 2.60 bits per heavy atom. The molecule has 3 N–H and O–H groups in total. The first-order chi connectivity index (χ1) is 11.9. The largest absolute Gasteiger partial charge is 0.484 e. The number of carbonyl (C=O) groups excluding carboxylic acids is 2. The predicted molar refractivity (Wildman–Crippen MR) is 98.5 cm³/mol. The monoisotopic (exact) mass is 347 g/mol. The molecule has 1 aromatic rings. The third kappa shape index (κ3) is 5.74. The first kappa shape index (κ1) is 19.2. The molecule has 0 radical (unpaired) electrons. The van der Waals surface area contributed by atoms with Crippen molar-refractivity contribution < 1.29 is 14.3 Å². The van der Waals surface area contributed by atoms with E-state index in [-0.39, 0.29) is 23.8 Å². The number of nitrogens with one attached hydrogen (secondary N) is 1. The lowest BCUT2D eigenvalue weighted by Crippen LogP contribution is -2.36. The molecule has 0 saturated heterocycles. The van der Waals surface area contributed by atoms with Gasteiger partial charge in [-0.2, -0.15) is 0 Å². The molecule has 1 saturated carbocycles. The van der Waals surface area contributed by atoms with E-state index in [1.165, 1.54) is 11.3 Å². The molecule has 0 aliphatic heterocycles. The van der Waals surface area contributed by atoms with Crippen molar-refractivity contribution in [2.45, 2.75) is 38.5 Å². The van der Waals surface area contributed by atoms with Gasteiger partial charge in [0.05, 0.1) is 0 Å². The van der Waals surface area contributed by atoms with E-state index in [0.717, 1.165) is 25.7 Å². The fourth-order valence-corrected chi connectivity index (χ4v) is 3.24. The Morgan fingerprint density at radius 2 is 1.96 bits per heavy atom. The average Bonchev–Trinajstić information content (AvgIpc) is 2.60. The van der Waals surface area contributed by atoms with Crippen molar-refractivity contribution in [3.8, 4) is 5.75 Å². The van der Waals surface area contributed by atoms with Gasteiger partial charge in [0.15, 0.2) is 6.61 Å². The number of hydrogen-bond acceptors (Lipinski definition) is 4. The fraction of sp³-hybridized carbons (Fsp3) is 0.579. The maximum absolute atomic E-state index is 12.4. The molecule has 1 aliphatic rings. The summed E-state index contributed by atoms with van der Waals surface area (Å²) in [6.07, 6.45) is 6.02. The number of likely N-dealkylation sites (N-methyl/N-ethyl adjacent to an activating group) is 1. The maximum Gasteiger partial charge on any atom is 0.259 e. The van der Waals surface area contributed by atoms with Crippen LogP contribution in [0.2, 0.25) is 0 Å². The van der Waals surface area contributed by atoms with Crippen LogP contribution in [0.3, 0.4) is 0 Å². The minimum atomic E-state index is -0.114. The van der Waals surface area contributed by atoms with Gasteiger partial charge in [-0.3, -0.25) is 9.59 Å². The first-order valence-corrected chi connectivity index (χ1v) is 8.87. The number of anilines is 1. The van der Waals surface area contributed by atoms with E-state index >= 15 is 0 Å². The highest BCUT2D eigenvalue weighted by Gasteiger charge is 2.32. The lowest BCUT2D eigenvalue weighted by Gasteiger charge is -2.35. The van der Waals surface area contributed by atoms with E-state index in [2.05, 4.69) is 5.32 Å². The molecule has 6 nitrogen and oxygen atoms in total. The zero-order valence-corrected chi connectivity index (χ0v) is 15.2. The van der Waals surface area contributed by atoms with Gasteiger partial charge < -0.3 is 20.7 Å². The molecule has 0 heterocycles. The summed E-state index contributed by atoms with van der Waals surface area (Å²) in [5.41, 5.74) is 6.57. The zero-order chi connectivity index (χ0) is 18.3. The van der Waals surface area contributed by atoms with E-state index < -0.39 is 0 Å². The Labute approximate surface area is 149 Å². The number of rotatable bonds is 7. The highest BCUT2D eigenvalue weighted by molar-refractivity contribution is 5.91. The molecule has 1 aromatic carbocycles. The summed E-state index contributed by atoms with van der Waals surface area (Å²) in [5, 5.41) is 2.93. The van der Waals surface area contributed by atoms with Gasteiger partial charge in [0, 0.05) is 32.3 Å². The molecule has 0 unspecified atom stereocenters. The second kappa shape index (κ2) is 8.85. The van der Waals surface area contributed by atoms with Crippen LogP contribution in [0.15, 0.2) is 24.3 Å². The quantitative estimate of drug-likeness (QED) is 0.793. The lowest BCUT2D eigenvalue weighted by atomic mass is 9.71. The van der Waals surface area contributed by atoms with E-state index in [0.29, 0.717) is 24.4 Å². The van der Waals surface area contributed by atoms with Gasteiger partial charge in [-0.15, -0.1) is 0 Å². The third-order valence-corrected chi connectivity index (χ3v) is 4.86. The van der Waals surface area contributed by atoms with Crippen LogP contribution in [0.5, 0.6) is 5.75 Å². The van der Waals surface area contributed by atoms with E-state index in [1.807, 2.05) is 6.07 Å². The molecule has 0 aromatic heterocycles. The SMILES string of the molecule is CN(C)C(=O)COc1cccc(NC(=O)CC2(CN)CCCCC2)c1. The number of carbonyl (C=O) groups is 2. The second-order valence-electron chi connectivity index (χ2n) is 7.09. The maximum atomic E-state index is 12.4. The third-order valence-electron chi connectivity index (χ3n) is 4.86. The van der Waals surface area contributed by atoms with Gasteiger partial charge >= 0.3 is 0 Å². The molecule has 6 heteroatoms. The average molecular weight is 347 g/mol. The van der Waals surface area contributed by atoms with Gasteiger partial charge in [0.1, 0.15) is 5.75 Å². The van der Waals surface area contributed by atoms with E-state index in [1.54, 1.807) is 32.3 Å². The zero-order valence-electron chi connectivity index (χ0n) is 15.2. The number of benzene rings is 1. The molecule has 25 heavy (non-hydrogen) atoms. The molecule has 2 rings (SSSR count). The van der Waals surface area contributed by atoms with E-state index in [9.17, 15) is 9.59 Å². The Balaban J connectivity index is 1.92. The molecule has 0 spiro atoms. The van der Waals surface area contributed by atoms with Crippen molar-refractivity contribution in [3.05, 3.63) is 24.3 Å². The Bertz CT molecular complexity index is 595. The molecule has 1 fully saturated rings. The fourth-order valence-electron chi connectivity index (χ4n) is 3.24. The van der Waals surface area contributed by atoms with Crippen LogP contribution < -0.4 is 15.8 Å². The van der Waals surface area contributed by atoms with Crippen LogP contribution in [0.25, 0.3) is 0 Å². The van der Waals surface area contributed by atoms with Crippen LogP contribution in [0, 0.1) is 5.41 Å². The summed E-state index contributed by atoms with van der Waals surface area (Å²) >= 11 is 0.